The van der Waals surface area contributed by atoms with E-state index < -0.39 is 0 Å². The van der Waals surface area contributed by atoms with E-state index in [-0.39, 0.29) is 24.8 Å². The molecule has 2 rings (SSSR count). The van der Waals surface area contributed by atoms with Gasteiger partial charge in [0.05, 0.1) is 0 Å². The molecule has 2 heterocycles. The average molecular weight is 140 g/mol. The van der Waals surface area contributed by atoms with Crippen LogP contribution >= 0.6 is 0 Å². The minimum absolute atomic E-state index is 0.112. The summed E-state index contributed by atoms with van der Waals surface area (Å²) in [6.45, 7) is 0. The van der Waals surface area contributed by atoms with E-state index in [2.05, 4.69) is 9.47 Å². The Morgan fingerprint density at radius 2 is 1.30 bits per heavy atom. The number of carbonyl (C=O) groups is 2. The predicted molar refractivity (Wildman–Crippen MR) is 28.4 cm³/mol. The maximum atomic E-state index is 10.5. The summed E-state index contributed by atoms with van der Waals surface area (Å²) in [6, 6.07) is 0. The third-order valence-electron chi connectivity index (χ3n) is 1.39. The molecule has 2 aliphatic heterocycles. The van der Waals surface area contributed by atoms with Gasteiger partial charge in [-0.05, 0) is 0 Å². The third-order valence-corrected chi connectivity index (χ3v) is 1.39. The van der Waals surface area contributed by atoms with Crippen LogP contribution in [0.3, 0.4) is 0 Å². The Kier molecular flexibility index (Phi) is 0.869. The van der Waals surface area contributed by atoms with Gasteiger partial charge in [-0.15, -0.1) is 0 Å². The molecular formula is C6H4O4. The van der Waals surface area contributed by atoms with E-state index in [1.54, 1.807) is 0 Å². The second-order valence-electron chi connectivity index (χ2n) is 2.15. The maximum Gasteiger partial charge on any atom is 0.318 e. The van der Waals surface area contributed by atoms with Gasteiger partial charge in [-0.1, -0.05) is 0 Å². The SMILES string of the molecule is O=C1CC2=C(CC(=O)O2)O1. The highest BCUT2D eigenvalue weighted by atomic mass is 16.6. The summed E-state index contributed by atoms with van der Waals surface area (Å²) in [5, 5.41) is 0. The summed E-state index contributed by atoms with van der Waals surface area (Å²) in [7, 11) is 0. The Labute approximate surface area is 56.4 Å². The Morgan fingerprint density at radius 1 is 0.900 bits per heavy atom. The molecule has 0 radical (unpaired) electrons. The van der Waals surface area contributed by atoms with Crippen molar-refractivity contribution < 1.29 is 19.1 Å². The second kappa shape index (κ2) is 1.59. The minimum Gasteiger partial charge on any atom is -0.426 e. The number of hydrogen-bond acceptors (Lipinski definition) is 4. The predicted octanol–water partition coefficient (Wildman–Crippen LogP) is 0.0918. The molecule has 0 saturated heterocycles. The van der Waals surface area contributed by atoms with Crippen LogP contribution in [-0.4, -0.2) is 11.9 Å². The van der Waals surface area contributed by atoms with E-state index in [9.17, 15) is 9.59 Å². The highest BCUT2D eigenvalue weighted by molar-refractivity contribution is 5.84. The van der Waals surface area contributed by atoms with Crippen molar-refractivity contribution >= 4 is 11.9 Å². The van der Waals surface area contributed by atoms with Crippen LogP contribution in [0.1, 0.15) is 12.8 Å². The van der Waals surface area contributed by atoms with Crippen molar-refractivity contribution in [1.29, 1.82) is 0 Å². The Morgan fingerprint density at radius 3 is 1.70 bits per heavy atom. The first-order valence-corrected chi connectivity index (χ1v) is 2.89. The summed E-state index contributed by atoms with van der Waals surface area (Å²) in [6.07, 6.45) is 0.224. The molecular weight excluding hydrogens is 136 g/mol. The first-order chi connectivity index (χ1) is 4.75. The molecule has 52 valence electrons. The number of ether oxygens (including phenoxy) is 2. The van der Waals surface area contributed by atoms with Crippen molar-refractivity contribution in [2.45, 2.75) is 12.8 Å². The molecule has 0 fully saturated rings. The lowest BCUT2D eigenvalue weighted by Crippen LogP contribution is -2.02. The molecule has 0 atom stereocenters. The van der Waals surface area contributed by atoms with Crippen molar-refractivity contribution in [1.82, 2.24) is 0 Å². The lowest BCUT2D eigenvalue weighted by Gasteiger charge is -1.93. The van der Waals surface area contributed by atoms with Gasteiger partial charge < -0.3 is 9.47 Å². The van der Waals surface area contributed by atoms with E-state index in [1.807, 2.05) is 0 Å². The van der Waals surface area contributed by atoms with Gasteiger partial charge in [0.1, 0.15) is 12.8 Å². The summed E-state index contributed by atoms with van der Waals surface area (Å²) < 4.78 is 9.30. The fourth-order valence-corrected chi connectivity index (χ4v) is 0.992. The lowest BCUT2D eigenvalue weighted by molar-refractivity contribution is -0.141. The van der Waals surface area contributed by atoms with E-state index in [1.165, 1.54) is 0 Å². The summed E-state index contributed by atoms with van der Waals surface area (Å²) in [4.78, 5) is 21.0. The monoisotopic (exact) mass is 140 g/mol. The van der Waals surface area contributed by atoms with Crippen molar-refractivity contribution in [3.05, 3.63) is 11.5 Å². The zero-order valence-corrected chi connectivity index (χ0v) is 5.05. The molecule has 0 spiro atoms. The van der Waals surface area contributed by atoms with Gasteiger partial charge in [0.25, 0.3) is 0 Å². The summed E-state index contributed by atoms with van der Waals surface area (Å²) >= 11 is 0. The van der Waals surface area contributed by atoms with Gasteiger partial charge in [0.15, 0.2) is 11.5 Å². The quantitative estimate of drug-likeness (QED) is 0.447. The molecule has 0 saturated carbocycles. The molecule has 4 heteroatoms. The van der Waals surface area contributed by atoms with Crippen LogP contribution in [0.2, 0.25) is 0 Å². The highest BCUT2D eigenvalue weighted by Gasteiger charge is 2.34. The van der Waals surface area contributed by atoms with Gasteiger partial charge in [-0.3, -0.25) is 9.59 Å². The van der Waals surface area contributed by atoms with Gasteiger partial charge >= 0.3 is 11.9 Å². The first kappa shape index (κ1) is 5.46. The Hall–Kier alpha value is -1.32. The third kappa shape index (κ3) is 0.618. The molecule has 2 aliphatic rings. The topological polar surface area (TPSA) is 52.6 Å². The molecule has 0 aromatic heterocycles. The first-order valence-electron chi connectivity index (χ1n) is 2.89. The van der Waals surface area contributed by atoms with Crippen LogP contribution in [0.25, 0.3) is 0 Å². The lowest BCUT2D eigenvalue weighted by atomic mass is 10.3. The van der Waals surface area contributed by atoms with E-state index in [0.717, 1.165) is 0 Å². The van der Waals surface area contributed by atoms with Crippen LogP contribution in [0.15, 0.2) is 11.5 Å². The van der Waals surface area contributed by atoms with Crippen LogP contribution in [0.4, 0.5) is 0 Å². The molecule has 0 amide bonds. The summed E-state index contributed by atoms with van der Waals surface area (Å²) in [5.74, 6) is 0.125. The van der Waals surface area contributed by atoms with Crippen molar-refractivity contribution in [3.8, 4) is 0 Å². The fourth-order valence-electron chi connectivity index (χ4n) is 0.992. The normalized spacial score (nSPS) is 22.8. The van der Waals surface area contributed by atoms with E-state index in [0.29, 0.717) is 11.5 Å². The van der Waals surface area contributed by atoms with Crippen LogP contribution in [0, 0.1) is 0 Å². The van der Waals surface area contributed by atoms with E-state index in [4.69, 9.17) is 0 Å². The van der Waals surface area contributed by atoms with Gasteiger partial charge in [0, 0.05) is 0 Å². The molecule has 0 aliphatic carbocycles. The largest absolute Gasteiger partial charge is 0.426 e. The fraction of sp³-hybridized carbons (Fsp3) is 0.333. The molecule has 0 N–H and O–H groups in total. The van der Waals surface area contributed by atoms with Gasteiger partial charge in [-0.25, -0.2) is 0 Å². The number of hydrogen-bond donors (Lipinski definition) is 0. The number of rotatable bonds is 0. The molecule has 0 aromatic carbocycles. The molecule has 10 heavy (non-hydrogen) atoms. The van der Waals surface area contributed by atoms with Crippen LogP contribution in [0.5, 0.6) is 0 Å². The molecule has 4 nitrogen and oxygen atoms in total. The maximum absolute atomic E-state index is 10.5. The molecule has 0 aromatic rings. The van der Waals surface area contributed by atoms with Crippen molar-refractivity contribution in [2.24, 2.45) is 0 Å². The second-order valence-corrected chi connectivity index (χ2v) is 2.15. The zero-order valence-electron chi connectivity index (χ0n) is 5.05. The standard InChI is InChI=1S/C6H4O4/c7-5-1-3-4(10-5)2-6(8)9-3/h1-2H2. The van der Waals surface area contributed by atoms with Crippen LogP contribution < -0.4 is 0 Å². The minimum atomic E-state index is -0.336. The molecule has 0 bridgehead atoms. The smallest absolute Gasteiger partial charge is 0.318 e. The Bertz CT molecular complexity index is 204. The number of carbonyl (C=O) groups excluding carboxylic acids is 2. The van der Waals surface area contributed by atoms with Crippen molar-refractivity contribution in [3.63, 3.8) is 0 Å². The molecule has 0 unspecified atom stereocenters. The van der Waals surface area contributed by atoms with Crippen LogP contribution in [-0.2, 0) is 19.1 Å². The number of esters is 2. The van der Waals surface area contributed by atoms with Gasteiger partial charge in [-0.2, -0.15) is 0 Å². The average Bonchev–Trinajstić information content (AvgIpc) is 2.21. The zero-order chi connectivity index (χ0) is 7.14. The highest BCUT2D eigenvalue weighted by Crippen LogP contribution is 2.30. The summed E-state index contributed by atoms with van der Waals surface area (Å²) in [5.41, 5.74) is 0. The van der Waals surface area contributed by atoms with Crippen molar-refractivity contribution in [2.75, 3.05) is 0 Å². The van der Waals surface area contributed by atoms with E-state index >= 15 is 0 Å². The van der Waals surface area contributed by atoms with Gasteiger partial charge in [0.2, 0.25) is 0 Å². The Balaban J connectivity index is 2.24.